The minimum atomic E-state index is -4.44. The zero-order valence-electron chi connectivity index (χ0n) is 10.4. The van der Waals surface area contributed by atoms with Crippen LogP contribution < -0.4 is 11.1 Å². The predicted octanol–water partition coefficient (Wildman–Crippen LogP) is 2.02. The van der Waals surface area contributed by atoms with Gasteiger partial charge in [-0.3, -0.25) is 0 Å². The summed E-state index contributed by atoms with van der Waals surface area (Å²) >= 11 is 0. The zero-order valence-corrected chi connectivity index (χ0v) is 10.4. The van der Waals surface area contributed by atoms with Gasteiger partial charge in [-0.05, 0) is 25.5 Å². The number of nitrogens with one attached hydrogen (secondary N) is 1. The van der Waals surface area contributed by atoms with Crippen LogP contribution >= 0.6 is 0 Å². The Hall–Kier alpha value is -1.34. The summed E-state index contributed by atoms with van der Waals surface area (Å²) in [6, 6.07) is 1.69. The smallest absolute Gasteiger partial charge is 0.376 e. The van der Waals surface area contributed by atoms with E-state index < -0.39 is 11.7 Å². The molecular formula is C12H16F3N3O. The van der Waals surface area contributed by atoms with E-state index in [0.717, 1.165) is 6.07 Å². The topological polar surface area (TPSA) is 60.2 Å². The maximum absolute atomic E-state index is 12.8. The third-order valence-electron chi connectivity index (χ3n) is 3.16. The summed E-state index contributed by atoms with van der Waals surface area (Å²) in [5.74, 6) is -0.195. The fraction of sp³-hybridized carbons (Fsp3) is 0.583. The first-order valence-corrected chi connectivity index (χ1v) is 6.09. The second-order valence-corrected chi connectivity index (χ2v) is 4.46. The predicted molar refractivity (Wildman–Crippen MR) is 64.7 cm³/mol. The molecule has 7 heteroatoms. The second kappa shape index (κ2) is 5.34. The molecule has 3 N–H and O–H groups in total. The van der Waals surface area contributed by atoms with Crippen molar-refractivity contribution in [1.82, 2.24) is 4.98 Å². The van der Waals surface area contributed by atoms with Crippen LogP contribution in [0.25, 0.3) is 0 Å². The number of anilines is 1. The van der Waals surface area contributed by atoms with Crippen LogP contribution in [-0.4, -0.2) is 29.8 Å². The quantitative estimate of drug-likeness (QED) is 0.882. The molecule has 1 aliphatic rings. The van der Waals surface area contributed by atoms with Gasteiger partial charge < -0.3 is 15.8 Å². The third-order valence-corrected chi connectivity index (χ3v) is 3.16. The Morgan fingerprint density at radius 2 is 2.26 bits per heavy atom. The Labute approximate surface area is 109 Å². The van der Waals surface area contributed by atoms with Gasteiger partial charge in [-0.25, -0.2) is 4.98 Å². The van der Waals surface area contributed by atoms with Crippen LogP contribution in [0.15, 0.2) is 18.3 Å². The molecule has 0 radical (unpaired) electrons. The summed E-state index contributed by atoms with van der Waals surface area (Å²) in [7, 11) is 0. The molecule has 19 heavy (non-hydrogen) atoms. The summed E-state index contributed by atoms with van der Waals surface area (Å²) in [5.41, 5.74) is 5.01. The first-order valence-electron chi connectivity index (χ1n) is 6.09. The van der Waals surface area contributed by atoms with Crippen LogP contribution in [0, 0.1) is 0 Å². The lowest BCUT2D eigenvalue weighted by Gasteiger charge is -2.42. The van der Waals surface area contributed by atoms with E-state index in [1.165, 1.54) is 12.3 Å². The molecule has 0 amide bonds. The lowest BCUT2D eigenvalue weighted by Crippen LogP contribution is -2.60. The van der Waals surface area contributed by atoms with Gasteiger partial charge in [0.1, 0.15) is 5.82 Å². The van der Waals surface area contributed by atoms with E-state index in [2.05, 4.69) is 10.3 Å². The van der Waals surface area contributed by atoms with Crippen molar-refractivity contribution in [3.63, 3.8) is 0 Å². The van der Waals surface area contributed by atoms with Crippen molar-refractivity contribution >= 4 is 5.82 Å². The van der Waals surface area contributed by atoms with E-state index in [0.29, 0.717) is 13.0 Å². The van der Waals surface area contributed by atoms with Crippen LogP contribution in [0.4, 0.5) is 19.0 Å². The Balaban J connectivity index is 2.15. The van der Waals surface area contributed by atoms with Gasteiger partial charge in [0.05, 0.1) is 17.7 Å². The summed E-state index contributed by atoms with van der Waals surface area (Å²) in [6.07, 6.45) is -2.65. The number of hydrogen-bond donors (Lipinski definition) is 2. The van der Waals surface area contributed by atoms with Crippen LogP contribution in [0.5, 0.6) is 0 Å². The number of hydrogen-bond acceptors (Lipinski definition) is 4. The second-order valence-electron chi connectivity index (χ2n) is 4.46. The highest BCUT2D eigenvalue weighted by Crippen LogP contribution is 2.35. The maximum Gasteiger partial charge on any atom is 0.419 e. The van der Waals surface area contributed by atoms with Crippen molar-refractivity contribution in [1.29, 1.82) is 0 Å². The van der Waals surface area contributed by atoms with E-state index >= 15 is 0 Å². The number of nitrogens with two attached hydrogens (primary N) is 1. The highest BCUT2D eigenvalue weighted by Gasteiger charge is 2.41. The number of rotatable bonds is 4. The van der Waals surface area contributed by atoms with Gasteiger partial charge in [0, 0.05) is 18.8 Å². The molecule has 0 saturated heterocycles. The number of halogens is 3. The molecule has 1 fully saturated rings. The third kappa shape index (κ3) is 2.98. The van der Waals surface area contributed by atoms with Gasteiger partial charge in [-0.1, -0.05) is 0 Å². The van der Waals surface area contributed by atoms with E-state index in [4.69, 9.17) is 10.5 Å². The first kappa shape index (κ1) is 14.1. The molecule has 0 aliphatic heterocycles. The molecule has 0 aromatic carbocycles. The molecule has 4 nitrogen and oxygen atoms in total. The number of nitrogens with zero attached hydrogens (tertiary/aromatic N) is 1. The molecule has 1 aliphatic carbocycles. The van der Waals surface area contributed by atoms with E-state index in [-0.39, 0.29) is 24.0 Å². The SMILES string of the molecule is CCOC1CC(N)C1Nc1ncccc1C(F)(F)F. The van der Waals surface area contributed by atoms with Gasteiger partial charge in [-0.15, -0.1) is 0 Å². The molecule has 1 heterocycles. The van der Waals surface area contributed by atoms with Crippen molar-refractivity contribution in [3.05, 3.63) is 23.9 Å². The Kier molecular flexibility index (Phi) is 3.96. The Bertz CT molecular complexity index is 436. The van der Waals surface area contributed by atoms with Crippen molar-refractivity contribution in [2.24, 2.45) is 5.73 Å². The first-order chi connectivity index (χ1) is 8.93. The maximum atomic E-state index is 12.8. The number of pyridine rings is 1. The molecule has 1 aromatic rings. The minimum absolute atomic E-state index is 0.164. The van der Waals surface area contributed by atoms with Gasteiger partial charge in [0.15, 0.2) is 0 Å². The van der Waals surface area contributed by atoms with E-state index in [9.17, 15) is 13.2 Å². The average molecular weight is 275 g/mol. The lowest BCUT2D eigenvalue weighted by atomic mass is 9.83. The van der Waals surface area contributed by atoms with Crippen molar-refractivity contribution in [3.8, 4) is 0 Å². The Morgan fingerprint density at radius 3 is 2.84 bits per heavy atom. The molecule has 3 atom stereocenters. The van der Waals surface area contributed by atoms with E-state index in [1.54, 1.807) is 0 Å². The van der Waals surface area contributed by atoms with Gasteiger partial charge in [0.2, 0.25) is 0 Å². The fourth-order valence-electron chi connectivity index (χ4n) is 2.13. The molecule has 1 aromatic heterocycles. The van der Waals surface area contributed by atoms with Crippen molar-refractivity contribution < 1.29 is 17.9 Å². The molecule has 2 rings (SSSR count). The van der Waals surface area contributed by atoms with Crippen molar-refractivity contribution in [2.45, 2.75) is 37.7 Å². The molecule has 106 valence electrons. The lowest BCUT2D eigenvalue weighted by molar-refractivity contribution is -0.137. The van der Waals surface area contributed by atoms with E-state index in [1.807, 2.05) is 6.92 Å². The largest absolute Gasteiger partial charge is 0.419 e. The molecule has 3 unspecified atom stereocenters. The summed E-state index contributed by atoms with van der Waals surface area (Å²) < 4.78 is 43.9. The monoisotopic (exact) mass is 275 g/mol. The molecule has 1 saturated carbocycles. The normalized spacial score (nSPS) is 26.9. The average Bonchev–Trinajstić information content (AvgIpc) is 2.35. The van der Waals surface area contributed by atoms with Crippen LogP contribution in [0.1, 0.15) is 18.9 Å². The van der Waals surface area contributed by atoms with Crippen LogP contribution in [-0.2, 0) is 10.9 Å². The van der Waals surface area contributed by atoms with Gasteiger partial charge in [-0.2, -0.15) is 13.2 Å². The van der Waals surface area contributed by atoms with Crippen LogP contribution in [0.2, 0.25) is 0 Å². The zero-order chi connectivity index (χ0) is 14.0. The number of ether oxygens (including phenoxy) is 1. The molecular weight excluding hydrogens is 259 g/mol. The summed E-state index contributed by atoms with van der Waals surface area (Å²) in [5, 5.41) is 2.76. The standard InChI is InChI=1S/C12H16F3N3O/c1-2-19-9-6-8(16)10(9)18-11-7(12(13,14)15)4-3-5-17-11/h3-5,8-10H,2,6,16H2,1H3,(H,17,18). The van der Waals surface area contributed by atoms with Gasteiger partial charge in [0.25, 0.3) is 0 Å². The van der Waals surface area contributed by atoms with Crippen molar-refractivity contribution in [2.75, 3.05) is 11.9 Å². The fourth-order valence-corrected chi connectivity index (χ4v) is 2.13. The van der Waals surface area contributed by atoms with Crippen LogP contribution in [0.3, 0.4) is 0 Å². The Morgan fingerprint density at radius 1 is 1.53 bits per heavy atom. The number of aromatic nitrogens is 1. The minimum Gasteiger partial charge on any atom is -0.376 e. The highest BCUT2D eigenvalue weighted by molar-refractivity contribution is 5.47. The molecule has 0 spiro atoms. The van der Waals surface area contributed by atoms with Gasteiger partial charge >= 0.3 is 6.18 Å². The highest BCUT2D eigenvalue weighted by atomic mass is 19.4. The summed E-state index contributed by atoms with van der Waals surface area (Å²) in [4.78, 5) is 3.75. The number of alkyl halides is 3. The summed E-state index contributed by atoms with van der Waals surface area (Å²) in [6.45, 7) is 2.34. The molecule has 0 bridgehead atoms.